The fourth-order valence-corrected chi connectivity index (χ4v) is 5.95. The van der Waals surface area contributed by atoms with Gasteiger partial charge < -0.3 is 5.32 Å². The minimum absolute atomic E-state index is 0.602. The van der Waals surface area contributed by atoms with Gasteiger partial charge in [0.05, 0.1) is 0 Å². The predicted molar refractivity (Wildman–Crippen MR) is 89.6 cm³/mol. The predicted octanol–water partition coefficient (Wildman–Crippen LogP) is 5.44. The molecule has 114 valence electrons. The molecule has 0 radical (unpaired) electrons. The van der Waals surface area contributed by atoms with E-state index in [2.05, 4.69) is 43.4 Å². The van der Waals surface area contributed by atoms with Gasteiger partial charge in [-0.05, 0) is 79.2 Å². The van der Waals surface area contributed by atoms with E-state index in [1.807, 2.05) is 0 Å². The van der Waals surface area contributed by atoms with Gasteiger partial charge in [0.25, 0.3) is 0 Å². The molecule has 0 saturated heterocycles. The molecule has 1 aromatic carbocycles. The Labute approximate surface area is 129 Å². The maximum atomic E-state index is 3.85. The summed E-state index contributed by atoms with van der Waals surface area (Å²) in [5.41, 5.74) is 3.48. The number of benzene rings is 1. The fraction of sp³-hybridized carbons (Fsp3) is 0.700. The summed E-state index contributed by atoms with van der Waals surface area (Å²) >= 11 is 0. The SMILES string of the molecule is CC(C)c1ccccc1NCC12CC3CC(CC(C3)C1)C2. The lowest BCUT2D eigenvalue weighted by Crippen LogP contribution is -2.49. The van der Waals surface area contributed by atoms with Crippen molar-refractivity contribution in [1.29, 1.82) is 0 Å². The molecule has 21 heavy (non-hydrogen) atoms. The summed E-state index contributed by atoms with van der Waals surface area (Å²) in [4.78, 5) is 0. The Kier molecular flexibility index (Phi) is 3.28. The summed E-state index contributed by atoms with van der Waals surface area (Å²) in [5.74, 6) is 3.76. The molecule has 0 aromatic heterocycles. The monoisotopic (exact) mass is 283 g/mol. The van der Waals surface area contributed by atoms with Crippen LogP contribution in [0.4, 0.5) is 5.69 Å². The molecule has 0 spiro atoms. The van der Waals surface area contributed by atoms with Crippen LogP contribution >= 0.6 is 0 Å². The molecule has 0 aliphatic heterocycles. The standard InChI is InChI=1S/C20H29N/c1-14(2)18-5-3-4-6-19(18)21-13-20-10-15-7-16(11-20)9-17(8-15)12-20/h3-6,14-17,21H,7-13H2,1-2H3. The molecular weight excluding hydrogens is 254 g/mol. The third-order valence-electron chi connectivity index (χ3n) is 6.40. The lowest BCUT2D eigenvalue weighted by molar-refractivity contribution is -0.0444. The average molecular weight is 283 g/mol. The Morgan fingerprint density at radius 2 is 1.57 bits per heavy atom. The zero-order chi connectivity index (χ0) is 14.4. The van der Waals surface area contributed by atoms with Gasteiger partial charge in [-0.15, -0.1) is 0 Å². The summed E-state index contributed by atoms with van der Waals surface area (Å²) in [6.45, 7) is 5.80. The maximum Gasteiger partial charge on any atom is 0.0375 e. The molecule has 4 fully saturated rings. The van der Waals surface area contributed by atoms with E-state index in [-0.39, 0.29) is 0 Å². The molecule has 0 atom stereocenters. The Balaban J connectivity index is 1.50. The van der Waals surface area contributed by atoms with Crippen LogP contribution in [-0.4, -0.2) is 6.54 Å². The van der Waals surface area contributed by atoms with Crippen molar-refractivity contribution in [3.8, 4) is 0 Å². The van der Waals surface area contributed by atoms with Gasteiger partial charge >= 0.3 is 0 Å². The number of hydrogen-bond acceptors (Lipinski definition) is 1. The first-order valence-corrected chi connectivity index (χ1v) is 8.96. The Morgan fingerprint density at radius 3 is 2.14 bits per heavy atom. The molecule has 1 heteroatoms. The van der Waals surface area contributed by atoms with Crippen LogP contribution in [0.25, 0.3) is 0 Å². The molecule has 0 amide bonds. The molecule has 0 unspecified atom stereocenters. The van der Waals surface area contributed by atoms with Gasteiger partial charge in [0.15, 0.2) is 0 Å². The van der Waals surface area contributed by atoms with Crippen LogP contribution in [-0.2, 0) is 0 Å². The topological polar surface area (TPSA) is 12.0 Å². The van der Waals surface area contributed by atoms with E-state index in [4.69, 9.17) is 0 Å². The summed E-state index contributed by atoms with van der Waals surface area (Å²) in [6, 6.07) is 8.90. The number of anilines is 1. The van der Waals surface area contributed by atoms with Gasteiger partial charge in [-0.1, -0.05) is 32.0 Å². The van der Waals surface area contributed by atoms with E-state index >= 15 is 0 Å². The molecule has 1 nitrogen and oxygen atoms in total. The molecule has 0 heterocycles. The Bertz CT molecular complexity index is 481. The fourth-order valence-electron chi connectivity index (χ4n) is 5.95. The van der Waals surface area contributed by atoms with Crippen molar-refractivity contribution < 1.29 is 0 Å². The van der Waals surface area contributed by atoms with Gasteiger partial charge in [-0.25, -0.2) is 0 Å². The van der Waals surface area contributed by atoms with E-state index in [0.29, 0.717) is 11.3 Å². The summed E-state index contributed by atoms with van der Waals surface area (Å²) in [6.07, 6.45) is 9.12. The van der Waals surface area contributed by atoms with Gasteiger partial charge in [-0.3, -0.25) is 0 Å². The third kappa shape index (κ3) is 2.49. The van der Waals surface area contributed by atoms with Crippen LogP contribution in [0.2, 0.25) is 0 Å². The van der Waals surface area contributed by atoms with Gasteiger partial charge in [0.2, 0.25) is 0 Å². The lowest BCUT2D eigenvalue weighted by atomic mass is 9.49. The first-order chi connectivity index (χ1) is 10.1. The van der Waals surface area contributed by atoms with Crippen LogP contribution in [0.15, 0.2) is 24.3 Å². The van der Waals surface area contributed by atoms with E-state index in [0.717, 1.165) is 17.8 Å². The minimum Gasteiger partial charge on any atom is -0.384 e. The second-order valence-corrected chi connectivity index (χ2v) is 8.51. The zero-order valence-corrected chi connectivity index (χ0v) is 13.6. The number of hydrogen-bond donors (Lipinski definition) is 1. The van der Waals surface area contributed by atoms with Crippen LogP contribution in [0, 0.1) is 23.2 Å². The quantitative estimate of drug-likeness (QED) is 0.776. The van der Waals surface area contributed by atoms with Gasteiger partial charge in [-0.2, -0.15) is 0 Å². The highest BCUT2D eigenvalue weighted by molar-refractivity contribution is 5.52. The van der Waals surface area contributed by atoms with Crippen LogP contribution in [0.1, 0.15) is 63.9 Å². The normalized spacial score (nSPS) is 37.2. The summed E-state index contributed by atoms with van der Waals surface area (Å²) < 4.78 is 0. The highest BCUT2D eigenvalue weighted by Crippen LogP contribution is 2.59. The summed E-state index contributed by atoms with van der Waals surface area (Å²) in [7, 11) is 0. The van der Waals surface area contributed by atoms with E-state index in [1.165, 1.54) is 37.1 Å². The van der Waals surface area contributed by atoms with Crippen LogP contribution < -0.4 is 5.32 Å². The first kappa shape index (κ1) is 13.7. The van der Waals surface area contributed by atoms with Gasteiger partial charge in [0.1, 0.15) is 0 Å². The second-order valence-electron chi connectivity index (χ2n) is 8.51. The second kappa shape index (κ2) is 5.04. The number of para-hydroxylation sites is 1. The Morgan fingerprint density at radius 1 is 1.00 bits per heavy atom. The molecule has 1 N–H and O–H groups in total. The highest BCUT2D eigenvalue weighted by atomic mass is 14.9. The van der Waals surface area contributed by atoms with Crippen molar-refractivity contribution in [3.63, 3.8) is 0 Å². The number of nitrogens with one attached hydrogen (secondary N) is 1. The first-order valence-electron chi connectivity index (χ1n) is 8.96. The van der Waals surface area contributed by atoms with Crippen LogP contribution in [0.3, 0.4) is 0 Å². The average Bonchev–Trinajstić information content (AvgIpc) is 2.44. The molecule has 1 aromatic rings. The maximum absolute atomic E-state index is 3.85. The summed E-state index contributed by atoms with van der Waals surface area (Å²) in [5, 5.41) is 3.85. The minimum atomic E-state index is 0.602. The lowest BCUT2D eigenvalue weighted by Gasteiger charge is -2.57. The zero-order valence-electron chi connectivity index (χ0n) is 13.6. The smallest absolute Gasteiger partial charge is 0.0375 e. The molecule has 4 bridgehead atoms. The molecule has 4 aliphatic rings. The van der Waals surface area contributed by atoms with Crippen molar-refractivity contribution in [1.82, 2.24) is 0 Å². The molecule has 4 aliphatic carbocycles. The van der Waals surface area contributed by atoms with Crippen molar-refractivity contribution >= 4 is 5.69 Å². The van der Waals surface area contributed by atoms with E-state index in [1.54, 1.807) is 19.3 Å². The highest BCUT2D eigenvalue weighted by Gasteiger charge is 2.50. The molecule has 4 saturated carbocycles. The van der Waals surface area contributed by atoms with Crippen molar-refractivity contribution in [3.05, 3.63) is 29.8 Å². The van der Waals surface area contributed by atoms with Crippen LogP contribution in [0.5, 0.6) is 0 Å². The van der Waals surface area contributed by atoms with E-state index < -0.39 is 0 Å². The largest absolute Gasteiger partial charge is 0.384 e. The van der Waals surface area contributed by atoms with Crippen molar-refractivity contribution in [2.24, 2.45) is 23.2 Å². The van der Waals surface area contributed by atoms with Gasteiger partial charge in [0, 0.05) is 12.2 Å². The number of rotatable bonds is 4. The van der Waals surface area contributed by atoms with E-state index in [9.17, 15) is 0 Å². The van der Waals surface area contributed by atoms with Crippen molar-refractivity contribution in [2.45, 2.75) is 58.3 Å². The molecule has 5 rings (SSSR count). The van der Waals surface area contributed by atoms with Crippen molar-refractivity contribution in [2.75, 3.05) is 11.9 Å². The third-order valence-corrected chi connectivity index (χ3v) is 6.40. The molecular formula is C20H29N. The Hall–Kier alpha value is -0.980.